The minimum Gasteiger partial charge on any atom is -0.392 e. The summed E-state index contributed by atoms with van der Waals surface area (Å²) in [5.41, 5.74) is 5.10. The van der Waals surface area contributed by atoms with Gasteiger partial charge in [0.15, 0.2) is 0 Å². The van der Waals surface area contributed by atoms with Crippen molar-refractivity contribution in [2.75, 3.05) is 6.61 Å². The molecule has 3 N–H and O–H groups in total. The number of aliphatic hydroxyl groups excluding tert-OH is 1. The Labute approximate surface area is 154 Å². The number of carbonyl (C=O) groups excluding carboxylic acids is 1. The second-order valence-electron chi connectivity index (χ2n) is 6.96. The minimum atomic E-state index is -0.319. The summed E-state index contributed by atoms with van der Waals surface area (Å²) >= 11 is 0. The van der Waals surface area contributed by atoms with Gasteiger partial charge in [0.1, 0.15) is 6.61 Å². The molecule has 0 saturated heterocycles. The van der Waals surface area contributed by atoms with Gasteiger partial charge < -0.3 is 15.6 Å². The lowest BCUT2D eigenvalue weighted by atomic mass is 10.0. The molecular formula is C21H39NO3. The topological polar surface area (TPSA) is 72.6 Å². The van der Waals surface area contributed by atoms with Crippen LogP contribution in [0.2, 0.25) is 0 Å². The maximum absolute atomic E-state index is 10.6. The quantitative estimate of drug-likeness (QED) is 0.320. The van der Waals surface area contributed by atoms with E-state index in [0.29, 0.717) is 19.4 Å². The van der Waals surface area contributed by atoms with Crippen molar-refractivity contribution in [1.82, 2.24) is 0 Å². The zero-order valence-corrected chi connectivity index (χ0v) is 16.4. The summed E-state index contributed by atoms with van der Waals surface area (Å²) in [5.74, 6) is 5.68. The fourth-order valence-electron chi connectivity index (χ4n) is 2.69. The molecule has 1 amide bonds. The van der Waals surface area contributed by atoms with Gasteiger partial charge in [0.05, 0.1) is 12.2 Å². The van der Waals surface area contributed by atoms with Gasteiger partial charge in [0.25, 0.3) is 0 Å². The summed E-state index contributed by atoms with van der Waals surface area (Å²) in [4.78, 5) is 10.6. The molecule has 4 heteroatoms. The average molecular weight is 354 g/mol. The molecule has 0 rings (SSSR count). The SMILES string of the molecule is CCCCCCCCCCC(O)CC#CCOC(C)CCCC(N)=O. The van der Waals surface area contributed by atoms with Gasteiger partial charge in [-0.2, -0.15) is 0 Å². The van der Waals surface area contributed by atoms with Gasteiger partial charge in [0.2, 0.25) is 5.91 Å². The van der Waals surface area contributed by atoms with Crippen LogP contribution in [0.15, 0.2) is 0 Å². The third-order valence-corrected chi connectivity index (χ3v) is 4.33. The standard InChI is InChI=1S/C21H39NO3/c1-3-4-5-6-7-8-9-10-15-20(23)16-11-12-18-25-19(2)14-13-17-21(22)24/h19-20,23H,3-10,13-18H2,1-2H3,(H2,22,24). The van der Waals surface area contributed by atoms with Gasteiger partial charge in [-0.3, -0.25) is 4.79 Å². The van der Waals surface area contributed by atoms with E-state index in [1.165, 1.54) is 44.9 Å². The molecule has 0 aromatic carbocycles. The van der Waals surface area contributed by atoms with E-state index in [4.69, 9.17) is 10.5 Å². The average Bonchev–Trinajstić information content (AvgIpc) is 2.56. The molecule has 2 atom stereocenters. The van der Waals surface area contributed by atoms with E-state index >= 15 is 0 Å². The van der Waals surface area contributed by atoms with Crippen LogP contribution in [-0.2, 0) is 9.53 Å². The Morgan fingerprint density at radius 2 is 1.64 bits per heavy atom. The molecule has 0 spiro atoms. The largest absolute Gasteiger partial charge is 0.392 e. The van der Waals surface area contributed by atoms with Gasteiger partial charge in [-0.15, -0.1) is 0 Å². The van der Waals surface area contributed by atoms with E-state index in [1.54, 1.807) is 0 Å². The number of aliphatic hydroxyl groups is 1. The fourth-order valence-corrected chi connectivity index (χ4v) is 2.69. The lowest BCUT2D eigenvalue weighted by Gasteiger charge is -2.09. The molecule has 0 saturated carbocycles. The molecule has 4 nitrogen and oxygen atoms in total. The molecule has 0 bridgehead atoms. The van der Waals surface area contributed by atoms with E-state index in [-0.39, 0.29) is 18.1 Å². The smallest absolute Gasteiger partial charge is 0.217 e. The van der Waals surface area contributed by atoms with Gasteiger partial charge in [0, 0.05) is 12.8 Å². The van der Waals surface area contributed by atoms with E-state index in [9.17, 15) is 9.90 Å². The lowest BCUT2D eigenvalue weighted by Crippen LogP contribution is -2.13. The Balaban J connectivity index is 3.46. The number of hydrogen-bond acceptors (Lipinski definition) is 3. The highest BCUT2D eigenvalue weighted by Gasteiger charge is 2.03. The summed E-state index contributed by atoms with van der Waals surface area (Å²) < 4.78 is 5.55. The van der Waals surface area contributed by atoms with Crippen molar-refractivity contribution >= 4 is 5.91 Å². The molecule has 25 heavy (non-hydrogen) atoms. The minimum absolute atomic E-state index is 0.0795. The zero-order chi connectivity index (χ0) is 18.8. The first-order valence-corrected chi connectivity index (χ1v) is 10.1. The third-order valence-electron chi connectivity index (χ3n) is 4.33. The number of nitrogens with two attached hydrogens (primary N) is 1. The van der Waals surface area contributed by atoms with Gasteiger partial charge in [-0.1, -0.05) is 70.1 Å². The molecule has 0 fully saturated rings. The first-order valence-electron chi connectivity index (χ1n) is 10.1. The zero-order valence-electron chi connectivity index (χ0n) is 16.4. The summed E-state index contributed by atoms with van der Waals surface area (Å²) in [5, 5.41) is 9.91. The van der Waals surface area contributed by atoms with E-state index in [0.717, 1.165) is 25.7 Å². The van der Waals surface area contributed by atoms with E-state index < -0.39 is 0 Å². The third kappa shape index (κ3) is 19.1. The van der Waals surface area contributed by atoms with Crippen LogP contribution in [0, 0.1) is 11.8 Å². The van der Waals surface area contributed by atoms with Crippen LogP contribution in [0.3, 0.4) is 0 Å². The Bertz CT molecular complexity index is 373. The lowest BCUT2D eigenvalue weighted by molar-refractivity contribution is -0.118. The van der Waals surface area contributed by atoms with Gasteiger partial charge in [-0.05, 0) is 26.2 Å². The number of hydrogen-bond donors (Lipinski definition) is 2. The highest BCUT2D eigenvalue weighted by molar-refractivity contribution is 5.73. The molecule has 0 aliphatic rings. The van der Waals surface area contributed by atoms with Crippen LogP contribution in [-0.4, -0.2) is 29.8 Å². The second-order valence-corrected chi connectivity index (χ2v) is 6.96. The Kier molecular flexibility index (Phi) is 17.0. The summed E-state index contributed by atoms with van der Waals surface area (Å²) in [7, 11) is 0. The summed E-state index contributed by atoms with van der Waals surface area (Å²) in [6.45, 7) is 4.59. The van der Waals surface area contributed by atoms with Crippen molar-refractivity contribution in [2.45, 2.75) is 110 Å². The highest BCUT2D eigenvalue weighted by atomic mass is 16.5. The van der Waals surface area contributed by atoms with Crippen LogP contribution in [0.1, 0.15) is 97.3 Å². The first kappa shape index (κ1) is 23.9. The molecular weight excluding hydrogens is 314 g/mol. The monoisotopic (exact) mass is 353 g/mol. The summed E-state index contributed by atoms with van der Waals surface area (Å²) in [6.07, 6.45) is 13.4. The number of rotatable bonds is 16. The number of ether oxygens (including phenoxy) is 1. The Morgan fingerprint density at radius 3 is 2.28 bits per heavy atom. The van der Waals surface area contributed by atoms with Crippen LogP contribution in [0.5, 0.6) is 0 Å². The molecule has 0 aliphatic carbocycles. The van der Waals surface area contributed by atoms with Crippen LogP contribution < -0.4 is 5.73 Å². The van der Waals surface area contributed by atoms with Gasteiger partial charge in [-0.25, -0.2) is 0 Å². The molecule has 0 radical (unpaired) electrons. The predicted octanol–water partition coefficient (Wildman–Crippen LogP) is 4.33. The van der Waals surface area contributed by atoms with Gasteiger partial charge >= 0.3 is 0 Å². The van der Waals surface area contributed by atoms with Crippen molar-refractivity contribution < 1.29 is 14.6 Å². The Hall–Kier alpha value is -1.05. The second kappa shape index (κ2) is 17.8. The molecule has 0 aromatic heterocycles. The number of unbranched alkanes of at least 4 members (excludes halogenated alkanes) is 7. The number of primary amides is 1. The van der Waals surface area contributed by atoms with Crippen molar-refractivity contribution in [3.05, 3.63) is 0 Å². The van der Waals surface area contributed by atoms with Crippen LogP contribution in [0.25, 0.3) is 0 Å². The van der Waals surface area contributed by atoms with Crippen LogP contribution >= 0.6 is 0 Å². The van der Waals surface area contributed by atoms with Crippen molar-refractivity contribution in [2.24, 2.45) is 5.73 Å². The van der Waals surface area contributed by atoms with Crippen molar-refractivity contribution in [1.29, 1.82) is 0 Å². The number of amides is 1. The van der Waals surface area contributed by atoms with E-state index in [2.05, 4.69) is 18.8 Å². The maximum atomic E-state index is 10.6. The predicted molar refractivity (Wildman–Crippen MR) is 104 cm³/mol. The normalized spacial score (nSPS) is 13.1. The van der Waals surface area contributed by atoms with Crippen LogP contribution in [0.4, 0.5) is 0 Å². The molecule has 2 unspecified atom stereocenters. The maximum Gasteiger partial charge on any atom is 0.217 e. The Morgan fingerprint density at radius 1 is 1.00 bits per heavy atom. The molecule has 146 valence electrons. The van der Waals surface area contributed by atoms with Crippen molar-refractivity contribution in [3.63, 3.8) is 0 Å². The summed E-state index contributed by atoms with van der Waals surface area (Å²) in [6, 6.07) is 0. The first-order chi connectivity index (χ1) is 12.1. The number of carbonyl (C=O) groups is 1. The van der Waals surface area contributed by atoms with E-state index in [1.807, 2.05) is 6.92 Å². The molecule has 0 aliphatic heterocycles. The highest BCUT2D eigenvalue weighted by Crippen LogP contribution is 2.11. The molecule has 0 aromatic rings. The van der Waals surface area contributed by atoms with Crippen molar-refractivity contribution in [3.8, 4) is 11.8 Å². The molecule has 0 heterocycles. The fraction of sp³-hybridized carbons (Fsp3) is 0.857.